The summed E-state index contributed by atoms with van der Waals surface area (Å²) < 4.78 is 1.05. The van der Waals surface area contributed by atoms with E-state index in [-0.39, 0.29) is 11.9 Å². The van der Waals surface area contributed by atoms with Gasteiger partial charge in [0.2, 0.25) is 5.91 Å². The second-order valence-corrected chi connectivity index (χ2v) is 6.71. The Hall–Kier alpha value is -1.95. The Morgan fingerprint density at radius 3 is 2.70 bits per heavy atom. The van der Waals surface area contributed by atoms with Gasteiger partial charge in [-0.25, -0.2) is 9.97 Å². The van der Waals surface area contributed by atoms with Gasteiger partial charge in [-0.3, -0.25) is 4.79 Å². The lowest BCUT2D eigenvalue weighted by Gasteiger charge is -2.18. The summed E-state index contributed by atoms with van der Waals surface area (Å²) in [5, 5.41) is 3.25. The molecule has 6 heteroatoms. The predicted molar refractivity (Wildman–Crippen MR) is 94.8 cm³/mol. The highest BCUT2D eigenvalue weighted by Gasteiger charge is 2.32. The zero-order valence-electron chi connectivity index (χ0n) is 13.4. The third-order valence-corrected chi connectivity index (χ3v) is 4.84. The maximum Gasteiger partial charge on any atom is 0.249 e. The van der Waals surface area contributed by atoms with E-state index in [1.165, 1.54) is 0 Å². The third-order valence-electron chi connectivity index (χ3n) is 3.95. The van der Waals surface area contributed by atoms with Crippen molar-refractivity contribution in [2.75, 3.05) is 16.8 Å². The van der Waals surface area contributed by atoms with Crippen LogP contribution in [-0.2, 0) is 4.79 Å². The summed E-state index contributed by atoms with van der Waals surface area (Å²) >= 11 is 3.49. The van der Waals surface area contributed by atoms with Crippen LogP contribution in [0.2, 0.25) is 0 Å². The molecule has 0 spiro atoms. The van der Waals surface area contributed by atoms with Crippen LogP contribution in [0.1, 0.15) is 23.5 Å². The Kier molecular flexibility index (Phi) is 4.35. The van der Waals surface area contributed by atoms with E-state index in [4.69, 9.17) is 0 Å². The molecule has 2 heterocycles. The number of nitrogens with zero attached hydrogens (tertiary/aromatic N) is 3. The minimum absolute atomic E-state index is 0.0839. The second kappa shape index (κ2) is 6.28. The molecule has 0 saturated carbocycles. The minimum Gasteiger partial charge on any atom is -0.358 e. The van der Waals surface area contributed by atoms with Crippen molar-refractivity contribution in [3.05, 3.63) is 45.8 Å². The summed E-state index contributed by atoms with van der Waals surface area (Å²) in [6, 6.07) is 7.61. The van der Waals surface area contributed by atoms with Gasteiger partial charge in [0.15, 0.2) is 0 Å². The number of hydrogen-bond acceptors (Lipinski definition) is 4. The summed E-state index contributed by atoms with van der Waals surface area (Å²) in [5.41, 5.74) is 2.95. The lowest BCUT2D eigenvalue weighted by atomic mass is 10.2. The van der Waals surface area contributed by atoms with Crippen LogP contribution in [0.15, 0.2) is 28.7 Å². The number of aromatic nitrogens is 2. The SMILES string of the molecule is Cc1cc(NC2CCN(c3ccc(Br)c(C)c3)C2=O)nc(C)n1. The van der Waals surface area contributed by atoms with Gasteiger partial charge in [-0.1, -0.05) is 15.9 Å². The molecule has 1 aromatic carbocycles. The van der Waals surface area contributed by atoms with E-state index in [0.717, 1.165) is 27.8 Å². The van der Waals surface area contributed by atoms with E-state index in [1.807, 2.05) is 49.9 Å². The van der Waals surface area contributed by atoms with Gasteiger partial charge in [0.25, 0.3) is 0 Å². The molecule has 1 fully saturated rings. The molecule has 1 unspecified atom stereocenters. The zero-order chi connectivity index (χ0) is 16.6. The van der Waals surface area contributed by atoms with Crippen molar-refractivity contribution in [3.8, 4) is 0 Å². The molecule has 1 atom stereocenters. The molecule has 1 saturated heterocycles. The maximum absolute atomic E-state index is 12.7. The van der Waals surface area contributed by atoms with Crippen molar-refractivity contribution in [2.45, 2.75) is 33.2 Å². The number of amides is 1. The van der Waals surface area contributed by atoms with E-state index < -0.39 is 0 Å². The van der Waals surface area contributed by atoms with Gasteiger partial charge < -0.3 is 10.2 Å². The second-order valence-electron chi connectivity index (χ2n) is 5.85. The van der Waals surface area contributed by atoms with Crippen molar-refractivity contribution in [2.24, 2.45) is 0 Å². The van der Waals surface area contributed by atoms with E-state index in [0.29, 0.717) is 18.2 Å². The highest BCUT2D eigenvalue weighted by molar-refractivity contribution is 9.10. The number of nitrogens with one attached hydrogen (secondary N) is 1. The van der Waals surface area contributed by atoms with Crippen LogP contribution in [0.3, 0.4) is 0 Å². The summed E-state index contributed by atoms with van der Waals surface area (Å²) in [4.78, 5) is 23.1. The Labute approximate surface area is 144 Å². The molecule has 23 heavy (non-hydrogen) atoms. The van der Waals surface area contributed by atoms with Crippen LogP contribution < -0.4 is 10.2 Å². The summed E-state index contributed by atoms with van der Waals surface area (Å²) in [6.07, 6.45) is 0.760. The quantitative estimate of drug-likeness (QED) is 0.894. The van der Waals surface area contributed by atoms with Gasteiger partial charge >= 0.3 is 0 Å². The van der Waals surface area contributed by atoms with Gasteiger partial charge in [0.05, 0.1) is 0 Å². The highest BCUT2D eigenvalue weighted by atomic mass is 79.9. The maximum atomic E-state index is 12.7. The smallest absolute Gasteiger partial charge is 0.249 e. The molecule has 0 bridgehead atoms. The van der Waals surface area contributed by atoms with E-state index in [1.54, 1.807) is 0 Å². The molecule has 1 aliphatic rings. The topological polar surface area (TPSA) is 58.1 Å². The van der Waals surface area contributed by atoms with E-state index in [2.05, 4.69) is 31.2 Å². The number of halogens is 1. The largest absolute Gasteiger partial charge is 0.358 e. The Morgan fingerprint density at radius 2 is 2.00 bits per heavy atom. The van der Waals surface area contributed by atoms with Crippen molar-refractivity contribution in [3.63, 3.8) is 0 Å². The highest BCUT2D eigenvalue weighted by Crippen LogP contribution is 2.27. The van der Waals surface area contributed by atoms with Gasteiger partial charge in [0.1, 0.15) is 17.7 Å². The van der Waals surface area contributed by atoms with Crippen LogP contribution in [-0.4, -0.2) is 28.5 Å². The van der Waals surface area contributed by atoms with Gasteiger partial charge in [-0.05, 0) is 51.0 Å². The van der Waals surface area contributed by atoms with Crippen molar-refractivity contribution >= 4 is 33.3 Å². The standard InChI is InChI=1S/C17H19BrN4O/c1-10-8-13(4-5-14(10)18)22-7-6-15(17(22)23)21-16-9-11(2)19-12(3)20-16/h4-5,8-9,15H,6-7H2,1-3H3,(H,19,20,21). The summed E-state index contributed by atoms with van der Waals surface area (Å²) in [5.74, 6) is 1.50. The first-order valence-electron chi connectivity index (χ1n) is 7.60. The number of carbonyl (C=O) groups is 1. The molecule has 3 rings (SSSR count). The number of aryl methyl sites for hydroxylation is 3. The number of rotatable bonds is 3. The Morgan fingerprint density at radius 1 is 1.22 bits per heavy atom. The van der Waals surface area contributed by atoms with E-state index in [9.17, 15) is 4.79 Å². The summed E-state index contributed by atoms with van der Waals surface area (Å²) in [7, 11) is 0. The fraction of sp³-hybridized carbons (Fsp3) is 0.353. The van der Waals surface area contributed by atoms with Crippen LogP contribution in [0.4, 0.5) is 11.5 Å². The van der Waals surface area contributed by atoms with Crippen molar-refractivity contribution < 1.29 is 4.79 Å². The van der Waals surface area contributed by atoms with Gasteiger partial charge in [-0.2, -0.15) is 0 Å². The van der Waals surface area contributed by atoms with Crippen molar-refractivity contribution in [1.82, 2.24) is 9.97 Å². The molecule has 1 amide bonds. The van der Waals surface area contributed by atoms with Crippen molar-refractivity contribution in [1.29, 1.82) is 0 Å². The molecule has 1 aliphatic heterocycles. The zero-order valence-corrected chi connectivity index (χ0v) is 15.0. The van der Waals surface area contributed by atoms with Crippen LogP contribution >= 0.6 is 15.9 Å². The average Bonchev–Trinajstić information content (AvgIpc) is 2.82. The number of benzene rings is 1. The van der Waals surface area contributed by atoms with Crippen LogP contribution in [0, 0.1) is 20.8 Å². The Bertz CT molecular complexity index is 742. The summed E-state index contributed by atoms with van der Waals surface area (Å²) in [6.45, 7) is 6.51. The average molecular weight is 375 g/mol. The first kappa shape index (κ1) is 15.9. The molecular weight excluding hydrogens is 356 g/mol. The predicted octanol–water partition coefficient (Wildman–Crippen LogP) is 3.38. The van der Waals surface area contributed by atoms with Crippen LogP contribution in [0.5, 0.6) is 0 Å². The number of anilines is 2. The molecule has 120 valence electrons. The lowest BCUT2D eigenvalue weighted by Crippen LogP contribution is -2.33. The molecule has 1 aromatic heterocycles. The van der Waals surface area contributed by atoms with Crippen LogP contribution in [0.25, 0.3) is 0 Å². The Balaban J connectivity index is 1.77. The van der Waals surface area contributed by atoms with Gasteiger partial charge in [-0.15, -0.1) is 0 Å². The minimum atomic E-state index is -0.243. The molecular formula is C17H19BrN4O. The fourth-order valence-corrected chi connectivity index (χ4v) is 3.08. The molecule has 0 aliphatic carbocycles. The lowest BCUT2D eigenvalue weighted by molar-refractivity contribution is -0.117. The fourth-order valence-electron chi connectivity index (χ4n) is 2.84. The third kappa shape index (κ3) is 3.37. The number of hydrogen-bond donors (Lipinski definition) is 1. The first-order chi connectivity index (χ1) is 10.9. The van der Waals surface area contributed by atoms with Gasteiger partial charge in [0, 0.05) is 28.5 Å². The molecule has 2 aromatic rings. The molecule has 5 nitrogen and oxygen atoms in total. The molecule has 0 radical (unpaired) electrons. The first-order valence-corrected chi connectivity index (χ1v) is 8.39. The number of carbonyl (C=O) groups excluding carboxylic acids is 1. The monoisotopic (exact) mass is 374 g/mol. The molecule has 1 N–H and O–H groups in total. The van der Waals surface area contributed by atoms with E-state index >= 15 is 0 Å². The normalized spacial score (nSPS) is 17.7.